The second-order valence-corrected chi connectivity index (χ2v) is 6.09. The maximum Gasteiger partial charge on any atom is 0.248 e. The number of hydrogen-bond acceptors (Lipinski definition) is 4. The lowest BCUT2D eigenvalue weighted by atomic mass is 10.2. The largest absolute Gasteiger partial charge is 0.375 e. The Morgan fingerprint density at radius 2 is 2.23 bits per heavy atom. The van der Waals surface area contributed by atoms with Crippen LogP contribution >= 0.6 is 11.8 Å². The van der Waals surface area contributed by atoms with Crippen molar-refractivity contribution in [1.29, 1.82) is 0 Å². The summed E-state index contributed by atoms with van der Waals surface area (Å²) in [6.45, 7) is 0.770. The monoisotopic (exact) mass is 326 g/mol. The van der Waals surface area contributed by atoms with E-state index in [9.17, 15) is 14.0 Å². The fraction of sp³-hybridized carbons (Fsp3) is 0.467. The molecule has 1 aliphatic rings. The molecule has 0 aliphatic carbocycles. The summed E-state index contributed by atoms with van der Waals surface area (Å²) in [7, 11) is 3.12. The van der Waals surface area contributed by atoms with Crippen LogP contribution in [0.1, 0.15) is 10.9 Å². The molecule has 1 fully saturated rings. The Bertz CT molecular complexity index is 555. The van der Waals surface area contributed by atoms with Gasteiger partial charge in [-0.05, 0) is 6.07 Å². The van der Waals surface area contributed by atoms with Gasteiger partial charge in [0.05, 0.1) is 5.75 Å². The lowest BCUT2D eigenvalue weighted by Gasteiger charge is -2.27. The molecule has 2 rings (SSSR count). The van der Waals surface area contributed by atoms with Crippen molar-refractivity contribution in [3.8, 4) is 0 Å². The molecule has 0 spiro atoms. The Kier molecular flexibility index (Phi) is 5.79. The Morgan fingerprint density at radius 3 is 2.91 bits per heavy atom. The number of carbonyl (C=O) groups is 2. The van der Waals surface area contributed by atoms with Crippen LogP contribution in [-0.4, -0.2) is 61.2 Å². The van der Waals surface area contributed by atoms with E-state index in [1.54, 1.807) is 30.1 Å². The molecule has 5 nitrogen and oxygen atoms in total. The first-order valence-electron chi connectivity index (χ1n) is 6.93. The van der Waals surface area contributed by atoms with Crippen LogP contribution < -0.4 is 0 Å². The van der Waals surface area contributed by atoms with E-state index in [0.29, 0.717) is 24.4 Å². The molecule has 0 saturated carbocycles. The molecule has 22 heavy (non-hydrogen) atoms. The van der Waals surface area contributed by atoms with E-state index in [-0.39, 0.29) is 29.6 Å². The minimum atomic E-state index is -0.334. The molecule has 0 bridgehead atoms. The highest BCUT2D eigenvalue weighted by Gasteiger charge is 2.34. The summed E-state index contributed by atoms with van der Waals surface area (Å²) < 4.78 is 18.7. The van der Waals surface area contributed by atoms with E-state index in [2.05, 4.69) is 0 Å². The minimum absolute atomic E-state index is 0.00986. The van der Waals surface area contributed by atoms with Gasteiger partial charge in [-0.2, -0.15) is 0 Å². The average molecular weight is 326 g/mol. The molecule has 1 aromatic carbocycles. The van der Waals surface area contributed by atoms with Gasteiger partial charge >= 0.3 is 0 Å². The zero-order chi connectivity index (χ0) is 16.1. The molecular formula is C15H19FN2O3S. The molecule has 7 heteroatoms. The van der Waals surface area contributed by atoms with Gasteiger partial charge in [0.15, 0.2) is 0 Å². The molecular weight excluding hydrogens is 307 g/mol. The number of rotatable bonds is 6. The summed E-state index contributed by atoms with van der Waals surface area (Å²) in [5.41, 5.74) is 0.504. The van der Waals surface area contributed by atoms with E-state index in [4.69, 9.17) is 4.74 Å². The van der Waals surface area contributed by atoms with E-state index in [1.807, 2.05) is 0 Å². The van der Waals surface area contributed by atoms with Gasteiger partial charge in [0.1, 0.15) is 17.8 Å². The third-order valence-electron chi connectivity index (χ3n) is 3.51. The summed E-state index contributed by atoms with van der Waals surface area (Å²) in [5, 5.41) is -0.334. The number of amides is 2. The van der Waals surface area contributed by atoms with Crippen molar-refractivity contribution >= 4 is 23.6 Å². The highest BCUT2D eigenvalue weighted by molar-refractivity contribution is 8.00. The third kappa shape index (κ3) is 3.78. The number of benzene rings is 1. The molecule has 1 heterocycles. The molecule has 0 N–H and O–H groups in total. The average Bonchev–Trinajstić information content (AvgIpc) is 2.86. The maximum absolute atomic E-state index is 13.9. The van der Waals surface area contributed by atoms with Crippen LogP contribution in [0.25, 0.3) is 0 Å². The topological polar surface area (TPSA) is 49.9 Å². The van der Waals surface area contributed by atoms with Crippen LogP contribution in [0.4, 0.5) is 4.39 Å². The van der Waals surface area contributed by atoms with Crippen molar-refractivity contribution in [2.45, 2.75) is 5.37 Å². The van der Waals surface area contributed by atoms with Crippen molar-refractivity contribution in [3.05, 3.63) is 35.6 Å². The van der Waals surface area contributed by atoms with Crippen molar-refractivity contribution in [1.82, 2.24) is 9.80 Å². The van der Waals surface area contributed by atoms with E-state index in [1.165, 1.54) is 29.8 Å². The highest BCUT2D eigenvalue weighted by atomic mass is 32.2. The van der Waals surface area contributed by atoms with Gasteiger partial charge in [-0.25, -0.2) is 4.39 Å². The summed E-state index contributed by atoms with van der Waals surface area (Å²) >= 11 is 1.40. The summed E-state index contributed by atoms with van der Waals surface area (Å²) in [5.74, 6) is -0.173. The third-order valence-corrected chi connectivity index (χ3v) is 4.75. The number of halogens is 1. The standard InChI is InChI=1S/C15H19FN2O3S/c1-17(13(19)9-21-2)7-8-18-14(20)10-22-15(18)11-5-3-4-6-12(11)16/h3-6,15H,7-10H2,1-2H3/t15-/m0/s1. The van der Waals surface area contributed by atoms with Crippen molar-refractivity contribution in [2.75, 3.05) is 39.6 Å². The normalized spacial score (nSPS) is 17.9. The van der Waals surface area contributed by atoms with Crippen molar-refractivity contribution in [3.63, 3.8) is 0 Å². The molecule has 1 atom stereocenters. The zero-order valence-electron chi connectivity index (χ0n) is 12.6. The lowest BCUT2D eigenvalue weighted by molar-refractivity contribution is -0.135. The Morgan fingerprint density at radius 1 is 1.50 bits per heavy atom. The SMILES string of the molecule is COCC(=O)N(C)CCN1C(=O)CS[C@H]1c1ccccc1F. The second-order valence-electron chi connectivity index (χ2n) is 5.02. The van der Waals surface area contributed by atoms with Crippen LogP contribution in [-0.2, 0) is 14.3 Å². The zero-order valence-corrected chi connectivity index (χ0v) is 13.4. The Labute approximate surface area is 133 Å². The predicted octanol–water partition coefficient (Wildman–Crippen LogP) is 1.50. The highest BCUT2D eigenvalue weighted by Crippen LogP contribution is 2.39. The van der Waals surface area contributed by atoms with Gasteiger partial charge in [-0.3, -0.25) is 9.59 Å². The molecule has 0 unspecified atom stereocenters. The fourth-order valence-electron chi connectivity index (χ4n) is 2.24. The summed E-state index contributed by atoms with van der Waals surface area (Å²) in [6, 6.07) is 6.47. The van der Waals surface area contributed by atoms with Gasteiger partial charge in [0.25, 0.3) is 0 Å². The first kappa shape index (κ1) is 16.8. The molecule has 120 valence electrons. The van der Waals surface area contributed by atoms with E-state index in [0.717, 1.165) is 0 Å². The van der Waals surface area contributed by atoms with Crippen LogP contribution in [0.5, 0.6) is 0 Å². The van der Waals surface area contributed by atoms with Crippen LogP contribution in [0.2, 0.25) is 0 Å². The number of methoxy groups -OCH3 is 1. The van der Waals surface area contributed by atoms with Gasteiger partial charge in [-0.15, -0.1) is 11.8 Å². The molecule has 2 amide bonds. The van der Waals surface area contributed by atoms with Gasteiger partial charge in [0.2, 0.25) is 11.8 Å². The number of hydrogen-bond donors (Lipinski definition) is 0. The number of nitrogens with zero attached hydrogens (tertiary/aromatic N) is 2. The number of thioether (sulfide) groups is 1. The first-order valence-corrected chi connectivity index (χ1v) is 7.98. The van der Waals surface area contributed by atoms with Crippen LogP contribution in [0.15, 0.2) is 24.3 Å². The predicted molar refractivity (Wildman–Crippen MR) is 82.8 cm³/mol. The van der Waals surface area contributed by atoms with E-state index < -0.39 is 0 Å². The van der Waals surface area contributed by atoms with Gasteiger partial charge in [-0.1, -0.05) is 18.2 Å². The van der Waals surface area contributed by atoms with Gasteiger partial charge < -0.3 is 14.5 Å². The quantitative estimate of drug-likeness (QED) is 0.795. The van der Waals surface area contributed by atoms with Crippen LogP contribution in [0, 0.1) is 5.82 Å². The minimum Gasteiger partial charge on any atom is -0.375 e. The summed E-state index contributed by atoms with van der Waals surface area (Å²) in [4.78, 5) is 26.8. The molecule has 1 saturated heterocycles. The van der Waals surface area contributed by atoms with Crippen molar-refractivity contribution < 1.29 is 18.7 Å². The first-order chi connectivity index (χ1) is 10.5. The lowest BCUT2D eigenvalue weighted by Crippen LogP contribution is -2.39. The number of carbonyl (C=O) groups excluding carboxylic acids is 2. The maximum atomic E-state index is 13.9. The number of ether oxygens (including phenoxy) is 1. The van der Waals surface area contributed by atoms with Crippen LogP contribution in [0.3, 0.4) is 0 Å². The fourth-order valence-corrected chi connectivity index (χ4v) is 3.48. The Hall–Kier alpha value is -1.60. The smallest absolute Gasteiger partial charge is 0.248 e. The Balaban J connectivity index is 2.03. The number of likely N-dealkylation sites (N-methyl/N-ethyl adjacent to an activating group) is 1. The van der Waals surface area contributed by atoms with E-state index >= 15 is 0 Å². The summed E-state index contributed by atoms with van der Waals surface area (Å²) in [6.07, 6.45) is 0. The van der Waals surface area contributed by atoms with Crippen molar-refractivity contribution in [2.24, 2.45) is 0 Å². The molecule has 1 aliphatic heterocycles. The van der Waals surface area contributed by atoms with Gasteiger partial charge in [0, 0.05) is 32.8 Å². The molecule has 0 radical (unpaired) electrons. The second kappa shape index (κ2) is 7.60. The molecule has 1 aromatic rings. The molecule has 0 aromatic heterocycles.